The fraction of sp³-hybridized carbons (Fsp3) is 0.250. The zero-order chi connectivity index (χ0) is 24.5. The van der Waals surface area contributed by atoms with Crippen molar-refractivity contribution in [3.63, 3.8) is 0 Å². The van der Waals surface area contributed by atoms with Gasteiger partial charge in [-0.3, -0.25) is 4.57 Å². The van der Waals surface area contributed by atoms with Crippen molar-refractivity contribution in [2.75, 3.05) is 25.7 Å². The Bertz CT molecular complexity index is 1510. The van der Waals surface area contributed by atoms with E-state index in [1.54, 1.807) is 24.3 Å². The van der Waals surface area contributed by atoms with Crippen LogP contribution in [0, 0.1) is 0 Å². The summed E-state index contributed by atoms with van der Waals surface area (Å²) in [6, 6.07) is 15.3. The summed E-state index contributed by atoms with van der Waals surface area (Å²) in [6.45, 7) is 2.16. The van der Waals surface area contributed by atoms with Gasteiger partial charge in [0, 0.05) is 16.8 Å². The van der Waals surface area contributed by atoms with Crippen molar-refractivity contribution < 1.29 is 17.9 Å². The van der Waals surface area contributed by atoms with Crippen LogP contribution in [0.5, 0.6) is 11.6 Å². The van der Waals surface area contributed by atoms with Crippen LogP contribution in [0.1, 0.15) is 18.7 Å². The molecule has 0 aliphatic carbocycles. The Balaban J connectivity index is 1.89. The monoisotopic (exact) mass is 501 g/mol. The number of pyridine rings is 1. The van der Waals surface area contributed by atoms with Gasteiger partial charge in [-0.15, -0.1) is 0 Å². The smallest absolute Gasteiger partial charge is 0.327 e. The van der Waals surface area contributed by atoms with Gasteiger partial charge >= 0.3 is 5.69 Å². The number of methoxy groups -OCH3 is 1. The van der Waals surface area contributed by atoms with Gasteiger partial charge in [0.25, 0.3) is 5.88 Å². The van der Waals surface area contributed by atoms with E-state index in [0.717, 1.165) is 17.4 Å². The van der Waals surface area contributed by atoms with Gasteiger partial charge in [0.15, 0.2) is 5.75 Å². The van der Waals surface area contributed by atoms with Crippen molar-refractivity contribution in [3.8, 4) is 22.8 Å². The number of hydrogen-bond acceptors (Lipinski definition) is 6. The third-order valence-electron chi connectivity index (χ3n) is 5.36. The summed E-state index contributed by atoms with van der Waals surface area (Å²) in [6.07, 6.45) is 1.13. The van der Waals surface area contributed by atoms with Crippen molar-refractivity contribution in [2.45, 2.75) is 13.0 Å². The Labute approximate surface area is 202 Å². The molecular formula is C24H24ClN3O5S. The van der Waals surface area contributed by atoms with E-state index in [9.17, 15) is 13.2 Å². The number of aromatic amines is 1. The van der Waals surface area contributed by atoms with Crippen LogP contribution in [-0.2, 0) is 9.84 Å². The lowest BCUT2D eigenvalue weighted by atomic mass is 10.0. The quantitative estimate of drug-likeness (QED) is 0.390. The fourth-order valence-corrected chi connectivity index (χ4v) is 5.04. The lowest BCUT2D eigenvalue weighted by Crippen LogP contribution is -2.29. The maximum Gasteiger partial charge on any atom is 0.327 e. The zero-order valence-electron chi connectivity index (χ0n) is 18.9. The second kappa shape index (κ2) is 9.52. The van der Waals surface area contributed by atoms with Gasteiger partial charge in [0.05, 0.1) is 42.2 Å². The van der Waals surface area contributed by atoms with Crippen LogP contribution in [0.3, 0.4) is 0 Å². The molecule has 0 aliphatic heterocycles. The highest BCUT2D eigenvalue weighted by Gasteiger charge is 2.26. The molecule has 1 unspecified atom stereocenters. The van der Waals surface area contributed by atoms with Crippen molar-refractivity contribution in [1.82, 2.24) is 14.5 Å². The summed E-state index contributed by atoms with van der Waals surface area (Å²) < 4.78 is 37.0. The number of nitrogens with one attached hydrogen (secondary N) is 1. The van der Waals surface area contributed by atoms with Crippen molar-refractivity contribution >= 4 is 32.5 Å². The van der Waals surface area contributed by atoms with Gasteiger partial charge < -0.3 is 14.5 Å². The molecule has 1 atom stereocenters. The lowest BCUT2D eigenvalue weighted by molar-refractivity contribution is 0.296. The molecule has 34 heavy (non-hydrogen) atoms. The zero-order valence-corrected chi connectivity index (χ0v) is 20.5. The van der Waals surface area contributed by atoms with Crippen LogP contribution in [0.25, 0.3) is 22.2 Å². The van der Waals surface area contributed by atoms with E-state index < -0.39 is 21.6 Å². The number of sulfone groups is 1. The number of fused-ring (bicyclic) bond motifs is 1. The molecule has 4 aromatic rings. The number of H-pyrrole nitrogens is 1. The largest absolute Gasteiger partial charge is 0.491 e. The molecule has 0 bridgehead atoms. The first-order valence-corrected chi connectivity index (χ1v) is 13.0. The molecule has 0 saturated carbocycles. The predicted molar refractivity (Wildman–Crippen MR) is 133 cm³/mol. The van der Waals surface area contributed by atoms with E-state index in [4.69, 9.17) is 21.1 Å². The average Bonchev–Trinajstić information content (AvgIpc) is 3.12. The van der Waals surface area contributed by atoms with Crippen molar-refractivity contribution in [2.24, 2.45) is 0 Å². The summed E-state index contributed by atoms with van der Waals surface area (Å²) in [4.78, 5) is 20.4. The molecule has 2 aromatic carbocycles. The lowest BCUT2D eigenvalue weighted by Gasteiger charge is -2.19. The van der Waals surface area contributed by atoms with Crippen molar-refractivity contribution in [1.29, 1.82) is 0 Å². The summed E-state index contributed by atoms with van der Waals surface area (Å²) in [7, 11) is -1.99. The molecule has 178 valence electrons. The van der Waals surface area contributed by atoms with Crippen LogP contribution >= 0.6 is 11.6 Å². The van der Waals surface area contributed by atoms with Crippen LogP contribution in [0.15, 0.2) is 59.4 Å². The minimum Gasteiger partial charge on any atom is -0.491 e. The highest BCUT2D eigenvalue weighted by molar-refractivity contribution is 7.90. The van der Waals surface area contributed by atoms with Gasteiger partial charge in [-0.1, -0.05) is 35.9 Å². The molecule has 10 heteroatoms. The summed E-state index contributed by atoms with van der Waals surface area (Å²) >= 11 is 6.34. The Hall–Kier alpha value is -3.30. The van der Waals surface area contributed by atoms with E-state index in [2.05, 4.69) is 9.97 Å². The number of nitrogens with zero attached hydrogens (tertiary/aromatic N) is 2. The first-order chi connectivity index (χ1) is 16.2. The Kier molecular flexibility index (Phi) is 6.67. The van der Waals surface area contributed by atoms with E-state index in [-0.39, 0.29) is 11.6 Å². The Morgan fingerprint density at radius 2 is 1.91 bits per heavy atom. The normalized spacial score (nSPS) is 12.6. The first-order valence-electron chi connectivity index (χ1n) is 10.6. The Morgan fingerprint density at radius 1 is 1.15 bits per heavy atom. The molecule has 2 aromatic heterocycles. The fourth-order valence-electron chi connectivity index (χ4n) is 3.91. The maximum absolute atomic E-state index is 13.1. The van der Waals surface area contributed by atoms with Gasteiger partial charge in [-0.05, 0) is 42.8 Å². The minimum atomic E-state index is -3.48. The number of rotatable bonds is 8. The van der Waals surface area contributed by atoms with Crippen molar-refractivity contribution in [3.05, 3.63) is 75.8 Å². The second-order valence-corrected chi connectivity index (χ2v) is 10.4. The molecule has 2 heterocycles. The molecule has 0 spiro atoms. The number of halogens is 1. The molecule has 4 rings (SSSR count). The molecule has 0 fully saturated rings. The van der Waals surface area contributed by atoms with Crippen LogP contribution in [0.4, 0.5) is 0 Å². The number of ether oxygens (including phenoxy) is 2. The molecule has 1 N–H and O–H groups in total. The number of benzene rings is 2. The molecule has 0 aliphatic rings. The standard InChI is InChI=1S/C24H24ClN3O5S/c1-4-33-23-22(32-2)12-10-18(26-23)21(14-34(3,30)31)28-20-11-9-15(13-19(20)27-24(28)29)16-7-5-6-8-17(16)25/h5-13,21H,4,14H2,1-3H3,(H,27,29). The van der Waals surface area contributed by atoms with Crippen LogP contribution in [-0.4, -0.2) is 48.7 Å². The van der Waals surface area contributed by atoms with Crippen LogP contribution < -0.4 is 15.2 Å². The second-order valence-electron chi connectivity index (χ2n) is 7.80. The minimum absolute atomic E-state index is 0.231. The number of aromatic nitrogens is 3. The highest BCUT2D eigenvalue weighted by atomic mass is 35.5. The highest BCUT2D eigenvalue weighted by Crippen LogP contribution is 2.32. The average molecular weight is 502 g/mol. The summed E-state index contributed by atoms with van der Waals surface area (Å²) in [5.74, 6) is 0.325. The van der Waals surface area contributed by atoms with Gasteiger partial charge in [-0.25, -0.2) is 18.2 Å². The molecule has 8 nitrogen and oxygen atoms in total. The van der Waals surface area contributed by atoms with Gasteiger partial charge in [0.2, 0.25) is 0 Å². The van der Waals surface area contributed by atoms with Gasteiger partial charge in [-0.2, -0.15) is 0 Å². The van der Waals surface area contributed by atoms with E-state index >= 15 is 0 Å². The Morgan fingerprint density at radius 3 is 2.59 bits per heavy atom. The topological polar surface area (TPSA) is 103 Å². The molecule has 0 amide bonds. The summed E-state index contributed by atoms with van der Waals surface area (Å²) in [5, 5.41) is 0.587. The number of imidazole rings is 1. The van der Waals surface area contributed by atoms with Crippen LogP contribution in [0.2, 0.25) is 5.02 Å². The third kappa shape index (κ3) is 4.80. The molecular weight excluding hydrogens is 478 g/mol. The maximum atomic E-state index is 13.1. The first kappa shape index (κ1) is 23.8. The SMILES string of the molecule is CCOc1nc(C(CS(C)(=O)=O)n2c(=O)[nH]c3cc(-c4ccccc4Cl)ccc32)ccc1OC. The van der Waals surface area contributed by atoms with E-state index in [0.29, 0.717) is 34.1 Å². The summed E-state index contributed by atoms with van der Waals surface area (Å²) in [5.41, 5.74) is 2.67. The molecule has 0 saturated heterocycles. The third-order valence-corrected chi connectivity index (χ3v) is 6.61. The number of hydrogen-bond donors (Lipinski definition) is 1. The molecule has 0 radical (unpaired) electrons. The van der Waals surface area contributed by atoms with Gasteiger partial charge in [0.1, 0.15) is 9.84 Å². The predicted octanol–water partition coefficient (Wildman–Crippen LogP) is 4.09. The van der Waals surface area contributed by atoms with E-state index in [1.165, 1.54) is 11.7 Å². The van der Waals surface area contributed by atoms with E-state index in [1.807, 2.05) is 37.3 Å².